The minimum absolute atomic E-state index is 0.209. The van der Waals surface area contributed by atoms with Gasteiger partial charge in [0, 0.05) is 23.5 Å². The van der Waals surface area contributed by atoms with Gasteiger partial charge in [-0.1, -0.05) is 24.3 Å². The number of aromatic amines is 1. The Hall–Kier alpha value is -3.59. The highest BCUT2D eigenvalue weighted by Gasteiger charge is 2.08. The molecule has 2 aromatic carbocycles. The number of rotatable bonds is 6. The zero-order chi connectivity index (χ0) is 17.5. The molecular weight excluding hydrogens is 316 g/mol. The largest absolute Gasteiger partial charge is 0.489 e. The predicted molar refractivity (Wildman–Crippen MR) is 91.7 cm³/mol. The Kier molecular flexibility index (Phi) is 5.07. The van der Waals surface area contributed by atoms with Gasteiger partial charge in [-0.15, -0.1) is 0 Å². The van der Waals surface area contributed by atoms with Gasteiger partial charge in [-0.2, -0.15) is 5.26 Å². The van der Waals surface area contributed by atoms with Crippen LogP contribution < -0.4 is 10.1 Å². The summed E-state index contributed by atoms with van der Waals surface area (Å²) in [6.07, 6.45) is 3.34. The van der Waals surface area contributed by atoms with Crippen LogP contribution >= 0.6 is 0 Å². The number of aromatic nitrogens is 2. The summed E-state index contributed by atoms with van der Waals surface area (Å²) < 4.78 is 5.73. The number of nitriles is 1. The molecule has 0 aliphatic carbocycles. The van der Waals surface area contributed by atoms with Gasteiger partial charge in [0.25, 0.3) is 5.91 Å². The maximum absolute atomic E-state index is 12.2. The van der Waals surface area contributed by atoms with Crippen molar-refractivity contribution >= 4 is 5.91 Å². The van der Waals surface area contributed by atoms with Crippen LogP contribution in [0, 0.1) is 11.3 Å². The maximum atomic E-state index is 12.2. The number of H-pyrrole nitrogens is 1. The number of carbonyl (C=O) groups excluding carboxylic acids is 1. The number of nitrogens with one attached hydrogen (secondary N) is 2. The number of benzene rings is 2. The van der Waals surface area contributed by atoms with Crippen LogP contribution in [0.25, 0.3) is 0 Å². The lowest BCUT2D eigenvalue weighted by molar-refractivity contribution is 0.0949. The van der Waals surface area contributed by atoms with Crippen molar-refractivity contribution in [1.29, 1.82) is 5.26 Å². The summed E-state index contributed by atoms with van der Waals surface area (Å²) in [7, 11) is 0. The minimum Gasteiger partial charge on any atom is -0.489 e. The van der Waals surface area contributed by atoms with Crippen molar-refractivity contribution in [3.63, 3.8) is 0 Å². The molecule has 1 amide bonds. The van der Waals surface area contributed by atoms with E-state index >= 15 is 0 Å². The Bertz CT molecular complexity index is 898. The van der Waals surface area contributed by atoms with Gasteiger partial charge in [0.2, 0.25) is 0 Å². The number of carbonyl (C=O) groups is 1. The van der Waals surface area contributed by atoms with Gasteiger partial charge in [0.1, 0.15) is 18.2 Å². The first-order valence-electron chi connectivity index (χ1n) is 7.73. The summed E-state index contributed by atoms with van der Waals surface area (Å²) >= 11 is 0. The normalized spacial score (nSPS) is 10.0. The molecule has 6 heteroatoms. The molecule has 2 N–H and O–H groups in total. The summed E-state index contributed by atoms with van der Waals surface area (Å²) in [5, 5.41) is 11.9. The van der Waals surface area contributed by atoms with Gasteiger partial charge in [-0.3, -0.25) is 4.79 Å². The maximum Gasteiger partial charge on any atom is 0.251 e. The van der Waals surface area contributed by atoms with Crippen molar-refractivity contribution in [2.75, 3.05) is 0 Å². The standard InChI is InChI=1S/C19H16N4O2/c20-11-15-4-1-2-5-16(15)13-25-17-7-3-6-14(10-17)19(24)23-12-18-21-8-9-22-18/h1-10H,12-13H2,(H,21,22)(H,23,24). The van der Waals surface area contributed by atoms with Crippen LogP contribution in [0.5, 0.6) is 5.75 Å². The summed E-state index contributed by atoms with van der Waals surface area (Å²) in [6, 6.07) is 16.3. The van der Waals surface area contributed by atoms with E-state index in [2.05, 4.69) is 21.4 Å². The highest BCUT2D eigenvalue weighted by Crippen LogP contribution is 2.16. The fourth-order valence-electron chi connectivity index (χ4n) is 2.30. The fourth-order valence-corrected chi connectivity index (χ4v) is 2.30. The van der Waals surface area contributed by atoms with Crippen molar-refractivity contribution in [2.24, 2.45) is 0 Å². The number of nitrogens with zero attached hydrogens (tertiary/aromatic N) is 2. The van der Waals surface area contributed by atoms with Gasteiger partial charge in [-0.25, -0.2) is 4.98 Å². The molecule has 0 spiro atoms. The van der Waals surface area contributed by atoms with E-state index in [1.54, 1.807) is 42.7 Å². The quantitative estimate of drug-likeness (QED) is 0.726. The monoisotopic (exact) mass is 332 g/mol. The average molecular weight is 332 g/mol. The number of amides is 1. The summed E-state index contributed by atoms with van der Waals surface area (Å²) in [6.45, 7) is 0.591. The summed E-state index contributed by atoms with van der Waals surface area (Å²) in [4.78, 5) is 19.2. The molecule has 0 aliphatic heterocycles. The molecule has 25 heavy (non-hydrogen) atoms. The van der Waals surface area contributed by atoms with Crippen molar-refractivity contribution in [3.05, 3.63) is 83.4 Å². The lowest BCUT2D eigenvalue weighted by Gasteiger charge is -2.09. The Balaban J connectivity index is 1.63. The number of hydrogen-bond donors (Lipinski definition) is 2. The Morgan fingerprint density at radius 3 is 2.92 bits per heavy atom. The molecule has 0 unspecified atom stereocenters. The first-order valence-corrected chi connectivity index (χ1v) is 7.73. The van der Waals surface area contributed by atoms with Crippen molar-refractivity contribution in [1.82, 2.24) is 15.3 Å². The van der Waals surface area contributed by atoms with Crippen LogP contribution in [0.3, 0.4) is 0 Å². The van der Waals surface area contributed by atoms with E-state index < -0.39 is 0 Å². The Labute approximate surface area is 145 Å². The van der Waals surface area contributed by atoms with Crippen LogP contribution in [0.4, 0.5) is 0 Å². The van der Waals surface area contributed by atoms with Crippen molar-refractivity contribution in [2.45, 2.75) is 13.2 Å². The van der Waals surface area contributed by atoms with E-state index in [1.165, 1.54) is 0 Å². The number of imidazole rings is 1. The molecule has 1 aromatic heterocycles. The Morgan fingerprint density at radius 2 is 2.12 bits per heavy atom. The van der Waals surface area contributed by atoms with E-state index in [0.29, 0.717) is 29.2 Å². The third-order valence-corrected chi connectivity index (χ3v) is 3.60. The number of hydrogen-bond acceptors (Lipinski definition) is 4. The zero-order valence-electron chi connectivity index (χ0n) is 13.4. The molecular formula is C19H16N4O2. The molecule has 0 fully saturated rings. The fraction of sp³-hybridized carbons (Fsp3) is 0.105. The van der Waals surface area contributed by atoms with E-state index in [-0.39, 0.29) is 12.5 Å². The second-order valence-electron chi connectivity index (χ2n) is 5.30. The van der Waals surface area contributed by atoms with Crippen LogP contribution in [-0.4, -0.2) is 15.9 Å². The van der Waals surface area contributed by atoms with Gasteiger partial charge in [0.05, 0.1) is 18.2 Å². The molecule has 1 heterocycles. The van der Waals surface area contributed by atoms with E-state index in [9.17, 15) is 4.79 Å². The third kappa shape index (κ3) is 4.24. The molecule has 3 rings (SSSR count). The lowest BCUT2D eigenvalue weighted by atomic mass is 10.1. The van der Waals surface area contributed by atoms with E-state index in [0.717, 1.165) is 5.56 Å². The highest BCUT2D eigenvalue weighted by molar-refractivity contribution is 5.94. The van der Waals surface area contributed by atoms with Crippen molar-refractivity contribution in [3.8, 4) is 11.8 Å². The van der Waals surface area contributed by atoms with Gasteiger partial charge in [-0.05, 0) is 24.3 Å². The van der Waals surface area contributed by atoms with Gasteiger partial charge in [0.15, 0.2) is 0 Å². The second kappa shape index (κ2) is 7.79. The van der Waals surface area contributed by atoms with E-state index in [1.807, 2.05) is 18.2 Å². The Morgan fingerprint density at radius 1 is 1.24 bits per heavy atom. The second-order valence-corrected chi connectivity index (χ2v) is 5.30. The van der Waals surface area contributed by atoms with Gasteiger partial charge >= 0.3 is 0 Å². The predicted octanol–water partition coefficient (Wildman–Crippen LogP) is 2.79. The molecule has 6 nitrogen and oxygen atoms in total. The van der Waals surface area contributed by atoms with Crippen LogP contribution in [0.1, 0.15) is 27.3 Å². The zero-order valence-corrected chi connectivity index (χ0v) is 13.4. The first kappa shape index (κ1) is 16.3. The molecule has 124 valence electrons. The first-order chi connectivity index (χ1) is 12.3. The summed E-state index contributed by atoms with van der Waals surface area (Å²) in [5.74, 6) is 1.05. The molecule has 0 bridgehead atoms. The SMILES string of the molecule is N#Cc1ccccc1COc1cccc(C(=O)NCc2ncc[nH]2)c1. The molecule has 0 saturated heterocycles. The average Bonchev–Trinajstić information content (AvgIpc) is 3.18. The molecule has 0 aliphatic rings. The molecule has 0 saturated carbocycles. The molecule has 0 atom stereocenters. The number of ether oxygens (including phenoxy) is 1. The third-order valence-electron chi connectivity index (χ3n) is 3.60. The molecule has 0 radical (unpaired) electrons. The van der Waals surface area contributed by atoms with E-state index in [4.69, 9.17) is 10.00 Å². The topological polar surface area (TPSA) is 90.8 Å². The summed E-state index contributed by atoms with van der Waals surface area (Å²) in [5.41, 5.74) is 1.88. The van der Waals surface area contributed by atoms with Gasteiger partial charge < -0.3 is 15.0 Å². The van der Waals surface area contributed by atoms with Crippen molar-refractivity contribution < 1.29 is 9.53 Å². The van der Waals surface area contributed by atoms with Crippen LogP contribution in [0.15, 0.2) is 60.9 Å². The lowest BCUT2D eigenvalue weighted by Crippen LogP contribution is -2.23. The smallest absolute Gasteiger partial charge is 0.251 e. The van der Waals surface area contributed by atoms with Crippen LogP contribution in [0.2, 0.25) is 0 Å². The minimum atomic E-state index is -0.209. The van der Waals surface area contributed by atoms with Crippen LogP contribution in [-0.2, 0) is 13.2 Å². The molecule has 3 aromatic rings. The highest BCUT2D eigenvalue weighted by atomic mass is 16.5.